The molecule has 0 radical (unpaired) electrons. The maximum atomic E-state index is 13.1. The number of carbonyl (C=O) groups excluding carboxylic acids is 3. The molecule has 0 bridgehead atoms. The van der Waals surface area contributed by atoms with Gasteiger partial charge in [0.15, 0.2) is 11.5 Å². The Hall–Kier alpha value is -3.96. The molecule has 0 atom stereocenters. The normalized spacial score (nSPS) is 18.2. The minimum Gasteiger partial charge on any atom is -0.492 e. The largest absolute Gasteiger partial charge is 0.492 e. The number of hydrogen-bond donors (Lipinski definition) is 0. The van der Waals surface area contributed by atoms with E-state index in [1.54, 1.807) is 17.0 Å². The zero-order valence-corrected chi connectivity index (χ0v) is 21.3. The molecule has 0 unspecified atom stereocenters. The Labute approximate surface area is 222 Å². The average Bonchev–Trinajstić information content (AvgIpc) is 3.62. The van der Waals surface area contributed by atoms with Crippen LogP contribution in [0.25, 0.3) is 17.0 Å². The lowest BCUT2D eigenvalue weighted by Gasteiger charge is -2.28. The number of amides is 3. The van der Waals surface area contributed by atoms with Gasteiger partial charge in [-0.05, 0) is 36.0 Å². The molecule has 0 spiro atoms. The molecule has 6 rings (SSSR count). The Morgan fingerprint density at radius 2 is 1.87 bits per heavy atom. The number of benzene rings is 2. The van der Waals surface area contributed by atoms with Crippen molar-refractivity contribution in [2.24, 2.45) is 0 Å². The lowest BCUT2D eigenvalue weighted by atomic mass is 10.1. The van der Waals surface area contributed by atoms with Crippen LogP contribution >= 0.6 is 11.8 Å². The molecule has 4 heterocycles. The van der Waals surface area contributed by atoms with Crippen molar-refractivity contribution in [3.05, 3.63) is 59.1 Å². The van der Waals surface area contributed by atoms with Crippen LogP contribution in [-0.2, 0) is 20.9 Å². The number of aromatic nitrogens is 1. The molecular formula is C27H25N3O7S. The van der Waals surface area contributed by atoms with Gasteiger partial charge >= 0.3 is 0 Å². The number of fused-ring (bicyclic) bond motifs is 2. The summed E-state index contributed by atoms with van der Waals surface area (Å²) in [4.78, 5) is 41.2. The van der Waals surface area contributed by atoms with Gasteiger partial charge in [0.25, 0.3) is 11.1 Å². The third-order valence-electron chi connectivity index (χ3n) is 6.58. The van der Waals surface area contributed by atoms with Crippen molar-refractivity contribution in [3.63, 3.8) is 0 Å². The smallest absolute Gasteiger partial charge is 0.294 e. The Bertz CT molecular complexity index is 1440. The van der Waals surface area contributed by atoms with Gasteiger partial charge in [-0.2, -0.15) is 0 Å². The summed E-state index contributed by atoms with van der Waals surface area (Å²) in [6.07, 6.45) is 3.67. The van der Waals surface area contributed by atoms with Crippen molar-refractivity contribution in [2.75, 3.05) is 46.2 Å². The maximum absolute atomic E-state index is 13.1. The number of nitrogens with zero attached hydrogens (tertiary/aromatic N) is 3. The quantitative estimate of drug-likeness (QED) is 0.425. The van der Waals surface area contributed by atoms with Gasteiger partial charge < -0.3 is 28.4 Å². The minimum atomic E-state index is -0.454. The Kier molecular flexibility index (Phi) is 6.69. The SMILES string of the molecule is O=C(CN1C(=O)S/C(=C\c2cn(CCOc3ccc4c(c3)OCO4)c3ccccc23)C1=O)N1CCOCC1. The molecule has 3 aromatic rings. The van der Waals surface area contributed by atoms with Crippen LogP contribution in [0.2, 0.25) is 0 Å². The van der Waals surface area contributed by atoms with E-state index in [9.17, 15) is 14.4 Å². The second-order valence-electron chi connectivity index (χ2n) is 8.92. The fraction of sp³-hybridized carbons (Fsp3) is 0.296. The molecule has 2 saturated heterocycles. The number of carbonyl (C=O) groups is 3. The van der Waals surface area contributed by atoms with E-state index < -0.39 is 11.1 Å². The molecule has 3 amide bonds. The van der Waals surface area contributed by atoms with Gasteiger partial charge in [-0.3, -0.25) is 19.3 Å². The van der Waals surface area contributed by atoms with Crippen molar-refractivity contribution in [1.82, 2.24) is 14.4 Å². The van der Waals surface area contributed by atoms with E-state index in [1.165, 1.54) is 0 Å². The van der Waals surface area contributed by atoms with E-state index in [-0.39, 0.29) is 19.2 Å². The number of hydrogen-bond acceptors (Lipinski definition) is 8. The molecule has 0 N–H and O–H groups in total. The van der Waals surface area contributed by atoms with Crippen molar-refractivity contribution >= 4 is 45.8 Å². The van der Waals surface area contributed by atoms with Crippen molar-refractivity contribution in [1.29, 1.82) is 0 Å². The summed E-state index contributed by atoms with van der Waals surface area (Å²) >= 11 is 0.855. The lowest BCUT2D eigenvalue weighted by Crippen LogP contribution is -2.46. The summed E-state index contributed by atoms with van der Waals surface area (Å²) in [6.45, 7) is 2.77. The average molecular weight is 536 g/mol. The standard InChI is InChI=1S/C27H25N3O7S/c31-25(28-7-10-34-11-8-28)16-30-26(32)24(38-27(30)33)13-18-15-29(21-4-2-1-3-20(18)21)9-12-35-19-5-6-22-23(14-19)37-17-36-22/h1-6,13-15H,7-12,16-17H2/b24-13-. The fourth-order valence-electron chi connectivity index (χ4n) is 4.63. The van der Waals surface area contributed by atoms with E-state index >= 15 is 0 Å². The van der Waals surface area contributed by atoms with E-state index in [0.29, 0.717) is 61.6 Å². The predicted molar refractivity (Wildman–Crippen MR) is 140 cm³/mol. The van der Waals surface area contributed by atoms with Gasteiger partial charge in [-0.1, -0.05) is 18.2 Å². The number of thioether (sulfide) groups is 1. The topological polar surface area (TPSA) is 99.5 Å². The molecule has 2 fully saturated rings. The molecule has 2 aromatic carbocycles. The molecule has 0 saturated carbocycles. The molecule has 196 valence electrons. The third-order valence-corrected chi connectivity index (χ3v) is 7.49. The Morgan fingerprint density at radius 1 is 1.05 bits per heavy atom. The molecule has 0 aliphatic carbocycles. The zero-order valence-electron chi connectivity index (χ0n) is 20.5. The summed E-state index contributed by atoms with van der Waals surface area (Å²) in [5.74, 6) is 1.34. The van der Waals surface area contributed by atoms with Crippen LogP contribution < -0.4 is 14.2 Å². The van der Waals surface area contributed by atoms with Crippen LogP contribution in [0.4, 0.5) is 4.79 Å². The first-order valence-corrected chi connectivity index (χ1v) is 13.1. The van der Waals surface area contributed by atoms with Crippen LogP contribution in [0.3, 0.4) is 0 Å². The Morgan fingerprint density at radius 3 is 2.74 bits per heavy atom. The predicted octanol–water partition coefficient (Wildman–Crippen LogP) is 3.34. The van der Waals surface area contributed by atoms with Crippen LogP contribution in [0, 0.1) is 0 Å². The summed E-state index contributed by atoms with van der Waals surface area (Å²) in [6, 6.07) is 13.3. The molecule has 3 aliphatic rings. The highest BCUT2D eigenvalue weighted by atomic mass is 32.2. The van der Waals surface area contributed by atoms with Crippen LogP contribution in [-0.4, -0.2) is 77.7 Å². The molecule has 1 aromatic heterocycles. The van der Waals surface area contributed by atoms with Gasteiger partial charge in [-0.15, -0.1) is 0 Å². The fourth-order valence-corrected chi connectivity index (χ4v) is 5.46. The lowest BCUT2D eigenvalue weighted by molar-refractivity contribution is -0.139. The molecule has 3 aliphatic heterocycles. The first-order valence-electron chi connectivity index (χ1n) is 12.3. The molecule has 11 heteroatoms. The molecular weight excluding hydrogens is 510 g/mol. The first kappa shape index (κ1) is 24.4. The second kappa shape index (κ2) is 10.4. The molecule has 10 nitrogen and oxygen atoms in total. The summed E-state index contributed by atoms with van der Waals surface area (Å²) in [5.41, 5.74) is 1.79. The molecule has 38 heavy (non-hydrogen) atoms. The number of rotatable bonds is 7. The van der Waals surface area contributed by atoms with Gasteiger partial charge in [0.2, 0.25) is 12.7 Å². The third kappa shape index (κ3) is 4.82. The summed E-state index contributed by atoms with van der Waals surface area (Å²) < 4.78 is 24.0. The monoisotopic (exact) mass is 535 g/mol. The second-order valence-corrected chi connectivity index (χ2v) is 9.91. The van der Waals surface area contributed by atoms with Gasteiger partial charge in [-0.25, -0.2) is 0 Å². The van der Waals surface area contributed by atoms with Crippen molar-refractivity contribution in [3.8, 4) is 17.2 Å². The highest BCUT2D eigenvalue weighted by Gasteiger charge is 2.37. The minimum absolute atomic E-state index is 0.209. The van der Waals surface area contributed by atoms with E-state index in [1.807, 2.05) is 42.6 Å². The van der Waals surface area contributed by atoms with E-state index in [2.05, 4.69) is 4.57 Å². The van der Waals surface area contributed by atoms with Gasteiger partial charge in [0.05, 0.1) is 24.7 Å². The van der Waals surface area contributed by atoms with E-state index in [0.717, 1.165) is 33.1 Å². The van der Waals surface area contributed by atoms with Crippen molar-refractivity contribution in [2.45, 2.75) is 6.54 Å². The Balaban J connectivity index is 1.16. The summed E-state index contributed by atoms with van der Waals surface area (Å²) in [5, 5.41) is 0.510. The number of ether oxygens (including phenoxy) is 4. The van der Waals surface area contributed by atoms with Crippen LogP contribution in [0.5, 0.6) is 17.2 Å². The van der Waals surface area contributed by atoms with Gasteiger partial charge in [0.1, 0.15) is 18.9 Å². The highest BCUT2D eigenvalue weighted by Crippen LogP contribution is 2.36. The number of morpholine rings is 1. The van der Waals surface area contributed by atoms with Gasteiger partial charge in [0, 0.05) is 41.8 Å². The first-order chi connectivity index (χ1) is 18.6. The van der Waals surface area contributed by atoms with Crippen LogP contribution in [0.1, 0.15) is 5.56 Å². The van der Waals surface area contributed by atoms with Crippen molar-refractivity contribution < 1.29 is 33.3 Å². The number of imide groups is 1. The van der Waals surface area contributed by atoms with E-state index in [4.69, 9.17) is 18.9 Å². The van der Waals surface area contributed by atoms with Crippen LogP contribution in [0.15, 0.2) is 53.6 Å². The summed E-state index contributed by atoms with van der Waals surface area (Å²) in [7, 11) is 0. The zero-order chi connectivity index (χ0) is 26.1. The number of para-hydroxylation sites is 1. The highest BCUT2D eigenvalue weighted by molar-refractivity contribution is 8.18. The maximum Gasteiger partial charge on any atom is 0.294 e.